The zero-order valence-corrected chi connectivity index (χ0v) is 15.8. The van der Waals surface area contributed by atoms with E-state index in [1.165, 1.54) is 0 Å². The second-order valence-electron chi connectivity index (χ2n) is 5.92. The van der Waals surface area contributed by atoms with Gasteiger partial charge in [-0.1, -0.05) is 29.3 Å². The molecule has 26 heavy (non-hydrogen) atoms. The zero-order valence-electron chi connectivity index (χ0n) is 13.5. The Morgan fingerprint density at radius 2 is 2.04 bits per heavy atom. The molecule has 0 fully saturated rings. The van der Waals surface area contributed by atoms with E-state index in [-0.39, 0.29) is 21.8 Å². The summed E-state index contributed by atoms with van der Waals surface area (Å²) in [4.78, 5) is 31.0. The van der Waals surface area contributed by atoms with E-state index < -0.39 is 0 Å². The number of aromatic nitrogens is 4. The summed E-state index contributed by atoms with van der Waals surface area (Å²) in [6, 6.07) is 3.87. The number of anilines is 1. The molecule has 0 amide bonds. The lowest BCUT2D eigenvalue weighted by molar-refractivity contribution is 0.241. The molecule has 3 aromatic rings. The van der Waals surface area contributed by atoms with Gasteiger partial charge in [0, 0.05) is 31.6 Å². The first-order chi connectivity index (χ1) is 12.5. The monoisotopic (exact) mass is 408 g/mol. The van der Waals surface area contributed by atoms with Crippen LogP contribution in [0, 0.1) is 0 Å². The Bertz CT molecular complexity index is 997. The maximum atomic E-state index is 12.5. The Labute approximate surface area is 162 Å². The minimum atomic E-state index is -0.117. The highest BCUT2D eigenvalue weighted by Crippen LogP contribution is 2.26. The SMILES string of the molecule is Nc1nc(Cl)c(CN2CCc3nc(-c4cccs4)[nH]c(=O)c3C2)c(Cl)n1. The fourth-order valence-electron chi connectivity index (χ4n) is 2.95. The van der Waals surface area contributed by atoms with E-state index >= 15 is 0 Å². The second-order valence-corrected chi connectivity index (χ2v) is 7.58. The van der Waals surface area contributed by atoms with Crippen molar-refractivity contribution in [2.24, 2.45) is 0 Å². The van der Waals surface area contributed by atoms with Crippen LogP contribution in [-0.4, -0.2) is 31.4 Å². The number of fused-ring (bicyclic) bond motifs is 1. The lowest BCUT2D eigenvalue weighted by Gasteiger charge is -2.28. The maximum Gasteiger partial charge on any atom is 0.255 e. The Hall–Kier alpha value is -2.00. The van der Waals surface area contributed by atoms with Crippen molar-refractivity contribution in [1.82, 2.24) is 24.8 Å². The number of nitrogen functional groups attached to an aromatic ring is 1. The molecule has 1 aliphatic heterocycles. The fourth-order valence-corrected chi connectivity index (χ4v) is 4.14. The van der Waals surface area contributed by atoms with Crippen LogP contribution in [-0.2, 0) is 19.5 Å². The fraction of sp³-hybridized carbons (Fsp3) is 0.250. The van der Waals surface area contributed by atoms with Gasteiger partial charge in [0.05, 0.1) is 16.1 Å². The van der Waals surface area contributed by atoms with E-state index in [0.29, 0.717) is 36.5 Å². The number of hydrogen-bond donors (Lipinski definition) is 2. The summed E-state index contributed by atoms with van der Waals surface area (Å²) in [6.07, 6.45) is 0.669. The van der Waals surface area contributed by atoms with Gasteiger partial charge in [-0.05, 0) is 11.4 Å². The van der Waals surface area contributed by atoms with Crippen molar-refractivity contribution >= 4 is 40.5 Å². The van der Waals surface area contributed by atoms with Crippen LogP contribution in [0.1, 0.15) is 16.8 Å². The van der Waals surface area contributed by atoms with E-state index in [4.69, 9.17) is 28.9 Å². The van der Waals surface area contributed by atoms with E-state index in [0.717, 1.165) is 17.1 Å². The van der Waals surface area contributed by atoms with Crippen molar-refractivity contribution in [2.45, 2.75) is 19.5 Å². The lowest BCUT2D eigenvalue weighted by atomic mass is 10.1. The summed E-state index contributed by atoms with van der Waals surface area (Å²) in [5.41, 5.74) is 7.53. The number of halogens is 2. The zero-order chi connectivity index (χ0) is 18.3. The first-order valence-corrected chi connectivity index (χ1v) is 9.50. The Balaban J connectivity index is 1.60. The van der Waals surface area contributed by atoms with Gasteiger partial charge >= 0.3 is 0 Å². The van der Waals surface area contributed by atoms with E-state index in [1.807, 2.05) is 17.5 Å². The highest BCUT2D eigenvalue weighted by molar-refractivity contribution is 7.13. The lowest BCUT2D eigenvalue weighted by Crippen LogP contribution is -2.35. The number of H-pyrrole nitrogens is 1. The van der Waals surface area contributed by atoms with E-state index in [9.17, 15) is 4.79 Å². The number of thiophene rings is 1. The number of nitrogens with zero attached hydrogens (tertiary/aromatic N) is 4. The van der Waals surface area contributed by atoms with Crippen LogP contribution < -0.4 is 11.3 Å². The van der Waals surface area contributed by atoms with Gasteiger partial charge < -0.3 is 10.7 Å². The number of nitrogens with two attached hydrogens (primary N) is 1. The number of nitrogens with one attached hydrogen (secondary N) is 1. The molecular formula is C16H14Cl2N6OS. The molecule has 0 saturated carbocycles. The van der Waals surface area contributed by atoms with Gasteiger partial charge in [-0.2, -0.15) is 0 Å². The van der Waals surface area contributed by atoms with Gasteiger partial charge in [0.1, 0.15) is 10.3 Å². The van der Waals surface area contributed by atoms with Gasteiger partial charge in [0.25, 0.3) is 5.56 Å². The van der Waals surface area contributed by atoms with Crippen molar-refractivity contribution in [2.75, 3.05) is 12.3 Å². The first-order valence-electron chi connectivity index (χ1n) is 7.87. The predicted molar refractivity (Wildman–Crippen MR) is 102 cm³/mol. The molecule has 0 atom stereocenters. The average molecular weight is 409 g/mol. The molecular weight excluding hydrogens is 395 g/mol. The molecule has 134 valence electrons. The summed E-state index contributed by atoms with van der Waals surface area (Å²) < 4.78 is 0. The second kappa shape index (κ2) is 6.96. The van der Waals surface area contributed by atoms with Crippen LogP contribution in [0.25, 0.3) is 10.7 Å². The minimum Gasteiger partial charge on any atom is -0.368 e. The van der Waals surface area contributed by atoms with E-state index in [2.05, 4.69) is 24.8 Å². The van der Waals surface area contributed by atoms with Gasteiger partial charge in [0.15, 0.2) is 5.82 Å². The first kappa shape index (κ1) is 17.4. The molecule has 7 nitrogen and oxygen atoms in total. The van der Waals surface area contributed by atoms with Gasteiger partial charge in [-0.15, -0.1) is 11.3 Å². The van der Waals surface area contributed by atoms with Crippen LogP contribution in [0.15, 0.2) is 22.3 Å². The molecule has 1 aliphatic rings. The standard InChI is InChI=1S/C16H14Cl2N6OS/c17-12-9(13(18)22-16(19)21-12)7-24-4-3-10-8(6-24)15(25)23-14(20-10)11-2-1-5-26-11/h1-2,5H,3-4,6-7H2,(H2,19,21,22)(H,20,23,25). The smallest absolute Gasteiger partial charge is 0.255 e. The summed E-state index contributed by atoms with van der Waals surface area (Å²) in [7, 11) is 0. The molecule has 3 N–H and O–H groups in total. The highest BCUT2D eigenvalue weighted by Gasteiger charge is 2.23. The summed E-state index contributed by atoms with van der Waals surface area (Å²) >= 11 is 13.8. The number of aromatic amines is 1. The van der Waals surface area contributed by atoms with E-state index in [1.54, 1.807) is 11.3 Å². The van der Waals surface area contributed by atoms with Crippen molar-refractivity contribution in [3.8, 4) is 10.7 Å². The van der Waals surface area contributed by atoms with Crippen molar-refractivity contribution in [1.29, 1.82) is 0 Å². The molecule has 4 heterocycles. The van der Waals surface area contributed by atoms with Crippen molar-refractivity contribution in [3.63, 3.8) is 0 Å². The van der Waals surface area contributed by atoms with Gasteiger partial charge in [-0.25, -0.2) is 15.0 Å². The summed E-state index contributed by atoms with van der Waals surface area (Å²) in [5.74, 6) is 0.657. The summed E-state index contributed by atoms with van der Waals surface area (Å²) in [6.45, 7) is 1.62. The van der Waals surface area contributed by atoms with Crippen molar-refractivity contribution < 1.29 is 0 Å². The third kappa shape index (κ3) is 3.33. The molecule has 0 aromatic carbocycles. The largest absolute Gasteiger partial charge is 0.368 e. The van der Waals surface area contributed by atoms with Gasteiger partial charge in [-0.3, -0.25) is 9.69 Å². The molecule has 0 bridgehead atoms. The van der Waals surface area contributed by atoms with Crippen LogP contribution in [0.4, 0.5) is 5.95 Å². The molecule has 0 unspecified atom stereocenters. The quantitative estimate of drug-likeness (QED) is 0.646. The maximum absolute atomic E-state index is 12.5. The number of rotatable bonds is 3. The Morgan fingerprint density at radius 1 is 1.27 bits per heavy atom. The topological polar surface area (TPSA) is 101 Å². The molecule has 0 aliphatic carbocycles. The third-order valence-corrected chi connectivity index (χ3v) is 5.71. The summed E-state index contributed by atoms with van der Waals surface area (Å²) in [5, 5.41) is 2.42. The average Bonchev–Trinajstić information content (AvgIpc) is 3.13. The minimum absolute atomic E-state index is 0.0366. The molecule has 10 heteroatoms. The normalized spacial score (nSPS) is 14.4. The van der Waals surface area contributed by atoms with Crippen LogP contribution in [0.2, 0.25) is 10.3 Å². The Kier molecular flexibility index (Phi) is 4.66. The van der Waals surface area contributed by atoms with Crippen molar-refractivity contribution in [3.05, 3.63) is 55.0 Å². The molecule has 0 saturated heterocycles. The van der Waals surface area contributed by atoms with Crippen LogP contribution in [0.3, 0.4) is 0 Å². The molecule has 4 rings (SSSR count). The molecule has 0 spiro atoms. The van der Waals surface area contributed by atoms with Crippen LogP contribution in [0.5, 0.6) is 0 Å². The molecule has 3 aromatic heterocycles. The third-order valence-electron chi connectivity index (χ3n) is 4.21. The number of hydrogen-bond acceptors (Lipinski definition) is 7. The predicted octanol–water partition coefficient (Wildman–Crippen LogP) is 2.74. The highest BCUT2D eigenvalue weighted by atomic mass is 35.5. The van der Waals surface area contributed by atoms with Crippen LogP contribution >= 0.6 is 34.5 Å². The molecule has 0 radical (unpaired) electrons. The van der Waals surface area contributed by atoms with Gasteiger partial charge in [0.2, 0.25) is 5.95 Å². The Morgan fingerprint density at radius 3 is 2.73 bits per heavy atom.